The van der Waals surface area contributed by atoms with Crippen LogP contribution in [0.5, 0.6) is 0 Å². The van der Waals surface area contributed by atoms with Crippen molar-refractivity contribution in [3.8, 4) is 11.4 Å². The Morgan fingerprint density at radius 3 is 2.62 bits per heavy atom. The van der Waals surface area contributed by atoms with Gasteiger partial charge in [0.2, 0.25) is 23.5 Å². The van der Waals surface area contributed by atoms with E-state index in [4.69, 9.17) is 4.52 Å². The third-order valence-electron chi connectivity index (χ3n) is 6.91. The molecule has 4 rings (SSSR count). The number of nitrogens with one attached hydrogen (secondary N) is 1. The standard InChI is InChI=1S/C25H34N4O3/c1-17(2)26-24(31)20-15-29(16-25(20)13-4-5-14-25)22(30)8-6-7-21-27-23(28-32-21)19-11-9-18(3)10-12-19/h9-12,17,20H,4-8,13-16H2,1-3H3,(H,26,31). The van der Waals surface area contributed by atoms with Crippen molar-refractivity contribution in [1.82, 2.24) is 20.4 Å². The van der Waals surface area contributed by atoms with Crippen molar-refractivity contribution in [3.05, 3.63) is 35.7 Å². The fourth-order valence-electron chi connectivity index (χ4n) is 5.22. The average molecular weight is 439 g/mol. The number of likely N-dealkylation sites (tertiary alicyclic amines) is 1. The molecule has 7 heteroatoms. The Hall–Kier alpha value is -2.70. The second-order valence-corrected chi connectivity index (χ2v) is 9.79. The van der Waals surface area contributed by atoms with Crippen LogP contribution in [0.15, 0.2) is 28.8 Å². The van der Waals surface area contributed by atoms with Crippen LogP contribution in [-0.2, 0) is 16.0 Å². The monoisotopic (exact) mass is 438 g/mol. The molecule has 7 nitrogen and oxygen atoms in total. The molecule has 2 heterocycles. The van der Waals surface area contributed by atoms with Gasteiger partial charge in [0.05, 0.1) is 5.92 Å². The number of amides is 2. The maximum absolute atomic E-state index is 13.0. The number of carbonyl (C=O) groups excluding carboxylic acids is 2. The maximum atomic E-state index is 13.0. The number of aromatic nitrogens is 2. The smallest absolute Gasteiger partial charge is 0.226 e. The highest BCUT2D eigenvalue weighted by atomic mass is 16.5. The van der Waals surface area contributed by atoms with Crippen molar-refractivity contribution in [3.63, 3.8) is 0 Å². The van der Waals surface area contributed by atoms with Crippen molar-refractivity contribution >= 4 is 11.8 Å². The van der Waals surface area contributed by atoms with Gasteiger partial charge < -0.3 is 14.7 Å². The highest BCUT2D eigenvalue weighted by Gasteiger charge is 2.52. The molecule has 1 N–H and O–H groups in total. The third-order valence-corrected chi connectivity index (χ3v) is 6.91. The number of aryl methyl sites for hydroxylation is 2. The molecule has 1 aliphatic heterocycles. The summed E-state index contributed by atoms with van der Waals surface area (Å²) in [4.78, 5) is 32.2. The summed E-state index contributed by atoms with van der Waals surface area (Å²) in [7, 11) is 0. The zero-order chi connectivity index (χ0) is 22.7. The van der Waals surface area contributed by atoms with Gasteiger partial charge in [0, 0.05) is 43.0 Å². The summed E-state index contributed by atoms with van der Waals surface area (Å²) >= 11 is 0. The number of carbonyl (C=O) groups is 2. The maximum Gasteiger partial charge on any atom is 0.226 e. The normalized spacial score (nSPS) is 19.8. The predicted molar refractivity (Wildman–Crippen MR) is 122 cm³/mol. The number of nitrogens with zero attached hydrogens (tertiary/aromatic N) is 3. The first-order chi connectivity index (χ1) is 15.4. The number of hydrogen-bond acceptors (Lipinski definition) is 5. The van der Waals surface area contributed by atoms with E-state index in [0.29, 0.717) is 44.1 Å². The van der Waals surface area contributed by atoms with Gasteiger partial charge in [-0.15, -0.1) is 0 Å². The summed E-state index contributed by atoms with van der Waals surface area (Å²) in [6.07, 6.45) is 6.02. The predicted octanol–water partition coefficient (Wildman–Crippen LogP) is 3.91. The Bertz CT molecular complexity index is 944. The summed E-state index contributed by atoms with van der Waals surface area (Å²) in [5, 5.41) is 7.14. The molecule has 1 spiro atoms. The minimum absolute atomic E-state index is 0.0376. The molecule has 0 radical (unpaired) electrons. The van der Waals surface area contributed by atoms with Crippen LogP contribution in [0, 0.1) is 18.3 Å². The minimum atomic E-state index is -0.0932. The first kappa shape index (κ1) is 22.5. The van der Waals surface area contributed by atoms with Crippen LogP contribution in [0.2, 0.25) is 0 Å². The first-order valence-corrected chi connectivity index (χ1v) is 11.8. The van der Waals surface area contributed by atoms with Crippen molar-refractivity contribution in [2.45, 2.75) is 71.8 Å². The molecule has 2 fully saturated rings. The zero-order valence-electron chi connectivity index (χ0n) is 19.4. The van der Waals surface area contributed by atoms with Gasteiger partial charge in [-0.05, 0) is 40.0 Å². The molecule has 1 aliphatic carbocycles. The lowest BCUT2D eigenvalue weighted by Gasteiger charge is -2.29. The molecule has 1 saturated carbocycles. The molecule has 1 aromatic heterocycles. The molecule has 172 valence electrons. The first-order valence-electron chi connectivity index (χ1n) is 11.8. The molecule has 2 aliphatic rings. The van der Waals surface area contributed by atoms with Gasteiger partial charge >= 0.3 is 0 Å². The molecule has 1 saturated heterocycles. The minimum Gasteiger partial charge on any atom is -0.354 e. The topological polar surface area (TPSA) is 88.3 Å². The largest absolute Gasteiger partial charge is 0.354 e. The number of hydrogen-bond donors (Lipinski definition) is 1. The van der Waals surface area contributed by atoms with Crippen molar-refractivity contribution in [1.29, 1.82) is 0 Å². The quantitative estimate of drug-likeness (QED) is 0.708. The molecule has 1 unspecified atom stereocenters. The van der Waals surface area contributed by atoms with Crippen LogP contribution in [-0.4, -0.2) is 46.0 Å². The van der Waals surface area contributed by atoms with E-state index in [0.717, 1.165) is 31.2 Å². The summed E-state index contributed by atoms with van der Waals surface area (Å²) < 4.78 is 5.38. The average Bonchev–Trinajstić information content (AvgIpc) is 3.49. The number of rotatable bonds is 7. The molecule has 1 aromatic carbocycles. The van der Waals surface area contributed by atoms with Crippen molar-refractivity contribution in [2.24, 2.45) is 11.3 Å². The van der Waals surface area contributed by atoms with E-state index in [1.165, 1.54) is 5.56 Å². The van der Waals surface area contributed by atoms with Gasteiger partial charge in [0.1, 0.15) is 0 Å². The summed E-state index contributed by atoms with van der Waals surface area (Å²) in [6.45, 7) is 7.25. The lowest BCUT2D eigenvalue weighted by Crippen LogP contribution is -2.42. The van der Waals surface area contributed by atoms with Crippen LogP contribution in [0.1, 0.15) is 63.8 Å². The Morgan fingerprint density at radius 1 is 1.22 bits per heavy atom. The van der Waals surface area contributed by atoms with E-state index in [1.54, 1.807) is 0 Å². The molecule has 2 aromatic rings. The van der Waals surface area contributed by atoms with E-state index in [2.05, 4.69) is 15.5 Å². The van der Waals surface area contributed by atoms with Gasteiger partial charge in [-0.3, -0.25) is 9.59 Å². The van der Waals surface area contributed by atoms with Crippen molar-refractivity contribution < 1.29 is 14.1 Å². The van der Waals surface area contributed by atoms with Crippen LogP contribution in [0.25, 0.3) is 11.4 Å². The molecular weight excluding hydrogens is 404 g/mol. The summed E-state index contributed by atoms with van der Waals surface area (Å²) in [6, 6.07) is 8.11. The lowest BCUT2D eigenvalue weighted by atomic mass is 9.76. The van der Waals surface area contributed by atoms with Gasteiger partial charge in [-0.25, -0.2) is 0 Å². The SMILES string of the molecule is Cc1ccc(-c2noc(CCCC(=O)N3CC(C(=O)NC(C)C)C4(CCCC4)C3)n2)cc1. The second kappa shape index (κ2) is 9.43. The van der Waals surface area contributed by atoms with E-state index >= 15 is 0 Å². The molecule has 1 atom stereocenters. The van der Waals surface area contributed by atoms with Gasteiger partial charge in [0.15, 0.2) is 0 Å². The van der Waals surface area contributed by atoms with Gasteiger partial charge in [-0.1, -0.05) is 47.8 Å². The van der Waals surface area contributed by atoms with Crippen LogP contribution in [0.3, 0.4) is 0 Å². The van der Waals surface area contributed by atoms with Crippen LogP contribution >= 0.6 is 0 Å². The molecule has 32 heavy (non-hydrogen) atoms. The van der Waals surface area contributed by atoms with E-state index in [-0.39, 0.29) is 29.2 Å². The lowest BCUT2D eigenvalue weighted by molar-refractivity contribution is -0.130. The van der Waals surface area contributed by atoms with Crippen LogP contribution < -0.4 is 5.32 Å². The van der Waals surface area contributed by atoms with E-state index < -0.39 is 0 Å². The fourth-order valence-corrected chi connectivity index (χ4v) is 5.22. The van der Waals surface area contributed by atoms with E-state index in [1.807, 2.05) is 49.9 Å². The Balaban J connectivity index is 1.31. The zero-order valence-corrected chi connectivity index (χ0v) is 19.4. The second-order valence-electron chi connectivity index (χ2n) is 9.79. The van der Waals surface area contributed by atoms with Crippen molar-refractivity contribution in [2.75, 3.05) is 13.1 Å². The van der Waals surface area contributed by atoms with E-state index in [9.17, 15) is 9.59 Å². The van der Waals surface area contributed by atoms with Crippen LogP contribution in [0.4, 0.5) is 0 Å². The highest BCUT2D eigenvalue weighted by molar-refractivity contribution is 5.83. The van der Waals surface area contributed by atoms with Gasteiger partial charge in [-0.2, -0.15) is 4.98 Å². The Kier molecular flexibility index (Phi) is 6.63. The molecular formula is C25H34N4O3. The third kappa shape index (κ3) is 4.87. The summed E-state index contributed by atoms with van der Waals surface area (Å²) in [5.74, 6) is 1.26. The highest BCUT2D eigenvalue weighted by Crippen LogP contribution is 2.49. The number of benzene rings is 1. The van der Waals surface area contributed by atoms with Gasteiger partial charge in [0.25, 0.3) is 0 Å². The Labute approximate surface area is 189 Å². The fraction of sp³-hybridized carbons (Fsp3) is 0.600. The summed E-state index contributed by atoms with van der Waals surface area (Å²) in [5.41, 5.74) is 2.07. The molecule has 2 amide bonds. The molecule has 0 bridgehead atoms. The Morgan fingerprint density at radius 2 is 1.94 bits per heavy atom.